The molecule has 1 N–H and O–H groups in total. The van der Waals surface area contributed by atoms with Crippen molar-refractivity contribution in [2.45, 2.75) is 13.8 Å². The van der Waals surface area contributed by atoms with E-state index in [-0.39, 0.29) is 17.0 Å². The molecule has 1 heterocycles. The molecule has 5 heteroatoms. The third-order valence-corrected chi connectivity index (χ3v) is 4.69. The Hall–Kier alpha value is -1.17. The third-order valence-electron chi connectivity index (χ3n) is 3.40. The van der Waals surface area contributed by atoms with Crippen LogP contribution in [0, 0.1) is 13.8 Å². The Kier molecular flexibility index (Phi) is 5.78. The first kappa shape index (κ1) is 17.2. The number of nitrogens with one attached hydrogen (secondary N) is 1. The Labute approximate surface area is 153 Å². The lowest BCUT2D eigenvalue weighted by atomic mass is 10.1. The first-order valence-electron chi connectivity index (χ1n) is 6.67. The van der Waals surface area contributed by atoms with Gasteiger partial charge in [0.1, 0.15) is 0 Å². The molecule has 114 valence electrons. The highest BCUT2D eigenvalue weighted by molar-refractivity contribution is 9.10. The van der Waals surface area contributed by atoms with Gasteiger partial charge in [0, 0.05) is 21.1 Å². The van der Waals surface area contributed by atoms with Crippen molar-refractivity contribution in [3.05, 3.63) is 63.4 Å². The highest BCUT2D eigenvalue weighted by Gasteiger charge is 2.05. The normalized spacial score (nSPS) is 10.1. The molecular weight excluding hydrogens is 424 g/mol. The van der Waals surface area contributed by atoms with Gasteiger partial charge in [0.2, 0.25) is 0 Å². The third kappa shape index (κ3) is 3.97. The first-order chi connectivity index (χ1) is 10.1. The maximum Gasteiger partial charge on any atom is 0.187 e. The summed E-state index contributed by atoms with van der Waals surface area (Å²) in [5.74, 6) is 0. The summed E-state index contributed by atoms with van der Waals surface area (Å²) in [7, 11) is 0. The maximum absolute atomic E-state index is 4.65. The number of aryl methyl sites for hydroxylation is 2. The number of halogens is 2. The molecule has 0 atom stereocenters. The largest absolute Gasteiger partial charge is 0.332 e. The van der Waals surface area contributed by atoms with Crippen LogP contribution < -0.4 is 5.32 Å². The summed E-state index contributed by atoms with van der Waals surface area (Å²) in [6.07, 6.45) is 0. The van der Waals surface area contributed by atoms with Crippen molar-refractivity contribution in [3.8, 4) is 11.3 Å². The predicted molar refractivity (Wildman–Crippen MR) is 105 cm³/mol. The van der Waals surface area contributed by atoms with Gasteiger partial charge in [0.05, 0.1) is 5.69 Å². The highest BCUT2D eigenvalue weighted by atomic mass is 79.9. The molecule has 0 fully saturated rings. The van der Waals surface area contributed by atoms with Crippen LogP contribution in [0.3, 0.4) is 0 Å². The topological polar surface area (TPSA) is 24.9 Å². The smallest absolute Gasteiger partial charge is 0.187 e. The molecule has 0 saturated carbocycles. The SMILES string of the molecule is Br.Cc1ccc(Nc2nc(-c3ccc(Br)cc3)cs2)cc1C. The van der Waals surface area contributed by atoms with E-state index in [1.807, 2.05) is 12.1 Å². The molecular formula is C17H16Br2N2S. The molecule has 0 radical (unpaired) electrons. The number of rotatable bonds is 3. The molecule has 0 bridgehead atoms. The summed E-state index contributed by atoms with van der Waals surface area (Å²) in [4.78, 5) is 4.65. The van der Waals surface area contributed by atoms with Crippen molar-refractivity contribution >= 4 is 55.1 Å². The molecule has 1 aromatic heterocycles. The van der Waals surface area contributed by atoms with E-state index in [4.69, 9.17) is 0 Å². The molecule has 0 unspecified atom stereocenters. The van der Waals surface area contributed by atoms with Crippen LogP contribution in [0.1, 0.15) is 11.1 Å². The van der Waals surface area contributed by atoms with Crippen LogP contribution in [-0.2, 0) is 0 Å². The van der Waals surface area contributed by atoms with Crippen LogP contribution in [0.15, 0.2) is 52.3 Å². The summed E-state index contributed by atoms with van der Waals surface area (Å²) in [6, 6.07) is 14.6. The standard InChI is InChI=1S/C17H15BrN2S.BrH/c1-11-3-8-15(9-12(11)2)19-17-20-16(10-21-17)13-4-6-14(18)7-5-13;/h3-10H,1-2H3,(H,19,20);1H. The van der Waals surface area contributed by atoms with Crippen molar-refractivity contribution in [1.29, 1.82) is 0 Å². The van der Waals surface area contributed by atoms with Gasteiger partial charge in [-0.1, -0.05) is 34.1 Å². The number of aromatic nitrogens is 1. The lowest BCUT2D eigenvalue weighted by molar-refractivity contribution is 1.32. The molecule has 0 aliphatic carbocycles. The monoisotopic (exact) mass is 438 g/mol. The van der Waals surface area contributed by atoms with Gasteiger partial charge >= 0.3 is 0 Å². The van der Waals surface area contributed by atoms with Gasteiger partial charge < -0.3 is 5.32 Å². The number of benzene rings is 2. The second-order valence-electron chi connectivity index (χ2n) is 4.97. The maximum atomic E-state index is 4.65. The number of nitrogens with zero attached hydrogens (tertiary/aromatic N) is 1. The Bertz CT molecular complexity index is 767. The zero-order chi connectivity index (χ0) is 14.8. The van der Waals surface area contributed by atoms with Gasteiger partial charge in [0.25, 0.3) is 0 Å². The van der Waals surface area contributed by atoms with Gasteiger partial charge in [-0.25, -0.2) is 4.98 Å². The molecule has 2 nitrogen and oxygen atoms in total. The van der Waals surface area contributed by atoms with E-state index in [0.717, 1.165) is 26.5 Å². The quantitative estimate of drug-likeness (QED) is 0.502. The van der Waals surface area contributed by atoms with E-state index in [1.54, 1.807) is 11.3 Å². The van der Waals surface area contributed by atoms with E-state index in [9.17, 15) is 0 Å². The van der Waals surface area contributed by atoms with Crippen LogP contribution in [0.2, 0.25) is 0 Å². The fourth-order valence-corrected chi connectivity index (χ4v) is 3.03. The van der Waals surface area contributed by atoms with Crippen molar-refractivity contribution in [2.75, 3.05) is 5.32 Å². The molecule has 0 spiro atoms. The number of hydrogen-bond acceptors (Lipinski definition) is 3. The highest BCUT2D eigenvalue weighted by Crippen LogP contribution is 2.28. The van der Waals surface area contributed by atoms with Crippen LogP contribution in [0.4, 0.5) is 10.8 Å². The van der Waals surface area contributed by atoms with Gasteiger partial charge in [-0.05, 0) is 49.2 Å². The Balaban J connectivity index is 0.00000176. The zero-order valence-corrected chi connectivity index (χ0v) is 16.4. The summed E-state index contributed by atoms with van der Waals surface area (Å²) in [5.41, 5.74) is 5.79. The number of thiazole rings is 1. The van der Waals surface area contributed by atoms with E-state index in [0.29, 0.717) is 0 Å². The minimum Gasteiger partial charge on any atom is -0.332 e. The lowest BCUT2D eigenvalue weighted by Gasteiger charge is -2.05. The van der Waals surface area contributed by atoms with Crippen molar-refractivity contribution in [3.63, 3.8) is 0 Å². The second-order valence-corrected chi connectivity index (χ2v) is 6.74. The molecule has 0 aliphatic rings. The predicted octanol–water partition coefficient (Wildman–Crippen LogP) is 6.51. The minimum absolute atomic E-state index is 0. The van der Waals surface area contributed by atoms with Crippen LogP contribution in [0.25, 0.3) is 11.3 Å². The number of anilines is 2. The van der Waals surface area contributed by atoms with Crippen LogP contribution in [-0.4, -0.2) is 4.98 Å². The molecule has 3 aromatic rings. The summed E-state index contributed by atoms with van der Waals surface area (Å²) in [6.45, 7) is 4.24. The van der Waals surface area contributed by atoms with E-state index >= 15 is 0 Å². The summed E-state index contributed by atoms with van der Waals surface area (Å²) in [5, 5.41) is 6.36. The van der Waals surface area contributed by atoms with E-state index in [2.05, 4.69) is 75.8 Å². The molecule has 0 aliphatic heterocycles. The fourth-order valence-electron chi connectivity index (χ4n) is 2.03. The van der Waals surface area contributed by atoms with E-state index in [1.165, 1.54) is 11.1 Å². The zero-order valence-electron chi connectivity index (χ0n) is 12.3. The van der Waals surface area contributed by atoms with Gasteiger partial charge in [-0.2, -0.15) is 0 Å². The van der Waals surface area contributed by atoms with E-state index < -0.39 is 0 Å². The fraction of sp³-hybridized carbons (Fsp3) is 0.118. The Morgan fingerprint density at radius 3 is 2.41 bits per heavy atom. The number of hydrogen-bond donors (Lipinski definition) is 1. The molecule has 2 aromatic carbocycles. The van der Waals surface area contributed by atoms with Crippen molar-refractivity contribution < 1.29 is 0 Å². The van der Waals surface area contributed by atoms with Gasteiger partial charge in [-0.15, -0.1) is 28.3 Å². The van der Waals surface area contributed by atoms with Gasteiger partial charge in [-0.3, -0.25) is 0 Å². The molecule has 0 saturated heterocycles. The van der Waals surface area contributed by atoms with Crippen LogP contribution >= 0.6 is 44.2 Å². The molecule has 0 amide bonds. The average Bonchev–Trinajstić information content (AvgIpc) is 2.92. The van der Waals surface area contributed by atoms with Crippen molar-refractivity contribution in [2.24, 2.45) is 0 Å². The van der Waals surface area contributed by atoms with Crippen molar-refractivity contribution in [1.82, 2.24) is 4.98 Å². The molecule has 22 heavy (non-hydrogen) atoms. The lowest BCUT2D eigenvalue weighted by Crippen LogP contribution is -1.91. The van der Waals surface area contributed by atoms with Crippen LogP contribution in [0.5, 0.6) is 0 Å². The average molecular weight is 440 g/mol. The minimum atomic E-state index is 0. The molecule has 3 rings (SSSR count). The second kappa shape index (κ2) is 7.40. The Morgan fingerprint density at radius 2 is 1.73 bits per heavy atom. The first-order valence-corrected chi connectivity index (χ1v) is 8.35. The summed E-state index contributed by atoms with van der Waals surface area (Å²) >= 11 is 5.07. The Morgan fingerprint density at radius 1 is 1.00 bits per heavy atom. The summed E-state index contributed by atoms with van der Waals surface area (Å²) < 4.78 is 1.08. The van der Waals surface area contributed by atoms with Gasteiger partial charge in [0.15, 0.2) is 5.13 Å².